The van der Waals surface area contributed by atoms with E-state index in [0.29, 0.717) is 92.2 Å². The van der Waals surface area contributed by atoms with Gasteiger partial charge in [-0.05, 0) is 136 Å². The van der Waals surface area contributed by atoms with E-state index in [-0.39, 0.29) is 42.3 Å². The molecule has 10 aromatic rings. The van der Waals surface area contributed by atoms with Crippen molar-refractivity contribution in [3.05, 3.63) is 167 Å². The highest BCUT2D eigenvalue weighted by Gasteiger charge is 2.26. The van der Waals surface area contributed by atoms with E-state index >= 15 is 0 Å². The number of methoxy groups -OCH3 is 2. The molecule has 12 N–H and O–H groups in total. The zero-order chi connectivity index (χ0) is 67.2. The summed E-state index contributed by atoms with van der Waals surface area (Å²) in [6, 6.07) is 30.3. The van der Waals surface area contributed by atoms with Crippen molar-refractivity contribution in [2.24, 2.45) is 5.92 Å². The molecule has 5 aromatic heterocycles. The van der Waals surface area contributed by atoms with Crippen molar-refractivity contribution in [3.8, 4) is 85.0 Å². The van der Waals surface area contributed by atoms with Gasteiger partial charge in [-0.1, -0.05) is 114 Å². The topological polar surface area (TPSA) is 328 Å². The smallest absolute Gasteiger partial charge is 0.231 e. The molecule has 0 amide bonds. The number of nitrogens with two attached hydrogens (primary N) is 5. The first-order chi connectivity index (χ1) is 44.5. The van der Waals surface area contributed by atoms with Crippen LogP contribution in [-0.2, 0) is 25.7 Å². The van der Waals surface area contributed by atoms with Gasteiger partial charge in [-0.2, -0.15) is 4.98 Å². The summed E-state index contributed by atoms with van der Waals surface area (Å²) in [7, 11) is 4.86. The van der Waals surface area contributed by atoms with E-state index in [2.05, 4.69) is 55.2 Å². The van der Waals surface area contributed by atoms with Gasteiger partial charge >= 0.3 is 0 Å². The van der Waals surface area contributed by atoms with E-state index in [1.54, 1.807) is 80.9 Å². The first kappa shape index (κ1) is 70.2. The zero-order valence-electron chi connectivity index (χ0n) is 51.4. The van der Waals surface area contributed by atoms with Crippen LogP contribution in [0.2, 0.25) is 35.2 Å². The molecule has 0 spiro atoms. The van der Waals surface area contributed by atoms with Crippen LogP contribution in [0.25, 0.3) is 56.3 Å². The Balaban J connectivity index is 0.000000150. The number of aromatic nitrogens is 10. The zero-order valence-corrected chi connectivity index (χ0v) is 56.7. The Bertz CT molecular complexity index is 4310. The lowest BCUT2D eigenvalue weighted by Crippen LogP contribution is -2.06. The van der Waals surface area contributed by atoms with Crippen LogP contribution in [0.5, 0.6) is 28.7 Å². The Morgan fingerprint density at radius 3 is 1.66 bits per heavy atom. The molecule has 1 aliphatic heterocycles. The summed E-state index contributed by atoms with van der Waals surface area (Å²) in [5.74, 6) is 5.10. The molecular formula is C65H65Cl7N16O5. The number of benzene rings is 5. The van der Waals surface area contributed by atoms with E-state index in [9.17, 15) is 5.11 Å². The molecule has 6 heterocycles. The van der Waals surface area contributed by atoms with E-state index in [1.807, 2.05) is 64.1 Å². The number of phenols is 1. The number of nitrogens with one attached hydrogen (secondary N) is 1. The number of ether oxygens (including phenoxy) is 4. The molecule has 93 heavy (non-hydrogen) atoms. The number of rotatable bonds is 13. The lowest BCUT2D eigenvalue weighted by molar-refractivity contribution is 0.174. The summed E-state index contributed by atoms with van der Waals surface area (Å²) >= 11 is 43.2. The van der Waals surface area contributed by atoms with E-state index in [4.69, 9.17) is 129 Å². The van der Waals surface area contributed by atoms with Crippen LogP contribution in [0.3, 0.4) is 0 Å². The van der Waals surface area contributed by atoms with E-state index in [0.717, 1.165) is 88.0 Å². The summed E-state index contributed by atoms with van der Waals surface area (Å²) in [6.45, 7) is 8.19. The highest BCUT2D eigenvalue weighted by atomic mass is 35.5. The molecule has 0 radical (unpaired) electrons. The summed E-state index contributed by atoms with van der Waals surface area (Å²) in [5.41, 5.74) is 40.6. The predicted octanol–water partition coefficient (Wildman–Crippen LogP) is 15.6. The molecule has 0 saturated heterocycles. The van der Waals surface area contributed by atoms with Crippen LogP contribution in [0.1, 0.15) is 62.0 Å². The standard InChI is InChI=1S/C15H15Cl2N3.2C13H13Cl2N3O.C12H11ClN4O2.C12H13N3O/c1-8-12(7-9-5-6-9)19-15(18)20-14(8)10-3-2-4-11(16)13(10)17;1-3-7-4-11(18-13(16)17-7)9-5-8(19-2)6-10(14)12(9)15;1-3-7-6-9(18-13(16)17-7)8-4-5-10(19-2)12(15)11(8)14;1-15-10-4-8(16-12(14)17-10)6-2-7(13)11-9(3-6)18-5-19-11;1-2-9-7-11(15-12(13)14-9)8-3-5-10(16)6-4-8/h2-4,9H,5-7H2,1H3,(H2,18,19,20);2*4-6H,3H2,1-2H3,(H2,16,17,18);2-4H,5H2,1H3,(H3,14,15,16,17);3-7,16H,2H2,1H3,(H2,13,14,15). The van der Waals surface area contributed by atoms with Gasteiger partial charge in [0.1, 0.15) is 28.1 Å². The average Bonchev–Trinajstić information content (AvgIpc) is 1.18. The number of nitrogens with zero attached hydrogens (tertiary/aromatic N) is 10. The summed E-state index contributed by atoms with van der Waals surface area (Å²) < 4.78 is 20.9. The number of anilines is 6. The highest BCUT2D eigenvalue weighted by Crippen LogP contribution is 2.44. The van der Waals surface area contributed by atoms with Gasteiger partial charge in [0.2, 0.25) is 36.5 Å². The lowest BCUT2D eigenvalue weighted by Gasteiger charge is -2.12. The van der Waals surface area contributed by atoms with Gasteiger partial charge in [-0.15, -0.1) is 0 Å². The number of hydrogen-bond acceptors (Lipinski definition) is 21. The molecular weight excluding hydrogens is 1330 g/mol. The van der Waals surface area contributed by atoms with Gasteiger partial charge in [0.15, 0.2) is 11.5 Å². The Labute approximate surface area is 572 Å². The second-order valence-electron chi connectivity index (χ2n) is 20.5. The third-order valence-electron chi connectivity index (χ3n) is 14.1. The largest absolute Gasteiger partial charge is 0.508 e. The van der Waals surface area contributed by atoms with Gasteiger partial charge in [-0.25, -0.2) is 44.9 Å². The molecule has 1 fully saturated rings. The predicted molar refractivity (Wildman–Crippen MR) is 374 cm³/mol. The number of hydrogen-bond donors (Lipinski definition) is 7. The molecule has 5 aromatic carbocycles. The molecule has 12 rings (SSSR count). The lowest BCUT2D eigenvalue weighted by atomic mass is 10.0. The highest BCUT2D eigenvalue weighted by molar-refractivity contribution is 6.45. The van der Waals surface area contributed by atoms with Crippen molar-refractivity contribution in [1.29, 1.82) is 0 Å². The maximum atomic E-state index is 9.20. The quantitative estimate of drug-likeness (QED) is 0.0564. The average molecular weight is 1400 g/mol. The minimum atomic E-state index is 0.173. The summed E-state index contributed by atoms with van der Waals surface area (Å²) in [4.78, 5) is 41.9. The Hall–Kier alpha value is -8.67. The number of halogens is 7. The second-order valence-corrected chi connectivity index (χ2v) is 23.3. The van der Waals surface area contributed by atoms with E-state index in [1.165, 1.54) is 20.0 Å². The monoisotopic (exact) mass is 1390 g/mol. The van der Waals surface area contributed by atoms with Crippen LogP contribution in [0.15, 0.2) is 103 Å². The van der Waals surface area contributed by atoms with Crippen molar-refractivity contribution in [1.82, 2.24) is 49.8 Å². The first-order valence-corrected chi connectivity index (χ1v) is 31.4. The number of aromatic hydroxyl groups is 1. The first-order valence-electron chi connectivity index (χ1n) is 28.8. The maximum Gasteiger partial charge on any atom is 0.231 e. The summed E-state index contributed by atoms with van der Waals surface area (Å²) in [6.07, 6.45) is 5.85. The SMILES string of the molecule is CCc1cc(-c2cc(OC)cc(Cl)c2Cl)nc(N)n1.CCc1cc(-c2ccc(O)cc2)nc(N)n1.CCc1cc(-c2ccc(OC)c(Cl)c2Cl)nc(N)n1.CNc1cc(-c2cc(Cl)c3c(c2)OCO3)nc(N)n1.Cc1c(CC2CC2)nc(N)nc1-c1cccc(Cl)c1Cl. The molecule has 2 aliphatic rings. The van der Waals surface area contributed by atoms with Crippen LogP contribution in [-0.4, -0.2) is 83.0 Å². The van der Waals surface area contributed by atoms with Gasteiger partial charge in [0, 0.05) is 69.8 Å². The van der Waals surface area contributed by atoms with Gasteiger partial charge < -0.3 is 58.0 Å². The molecule has 1 aliphatic carbocycles. The molecule has 28 heteroatoms. The van der Waals surface area contributed by atoms with E-state index < -0.39 is 0 Å². The number of nitrogen functional groups attached to an aromatic ring is 5. The van der Waals surface area contributed by atoms with Crippen molar-refractivity contribution in [2.45, 2.75) is 66.2 Å². The van der Waals surface area contributed by atoms with Crippen LogP contribution >= 0.6 is 81.2 Å². The fourth-order valence-electron chi connectivity index (χ4n) is 9.09. The molecule has 0 unspecified atom stereocenters. The Kier molecular flexibility index (Phi) is 24.3. The molecule has 21 nitrogen and oxygen atoms in total. The summed E-state index contributed by atoms with van der Waals surface area (Å²) in [5, 5.41) is 15.2. The van der Waals surface area contributed by atoms with Crippen molar-refractivity contribution in [3.63, 3.8) is 0 Å². The van der Waals surface area contributed by atoms with Gasteiger partial charge in [-0.3, -0.25) is 0 Å². The molecule has 484 valence electrons. The molecule has 0 bridgehead atoms. The van der Waals surface area contributed by atoms with Crippen LogP contribution in [0.4, 0.5) is 35.6 Å². The fraction of sp³-hybridized carbons (Fsp3) is 0.231. The number of fused-ring (bicyclic) bond motifs is 1. The van der Waals surface area contributed by atoms with Gasteiger partial charge in [0.05, 0.1) is 72.8 Å². The second kappa shape index (κ2) is 32.3. The van der Waals surface area contributed by atoms with Crippen molar-refractivity contribution < 1.29 is 24.1 Å². The third kappa shape index (κ3) is 18.3. The Morgan fingerprint density at radius 2 is 1.08 bits per heavy atom. The fourth-order valence-corrected chi connectivity index (χ4v) is 10.7. The maximum absolute atomic E-state index is 9.20. The van der Waals surface area contributed by atoms with Gasteiger partial charge in [0.25, 0.3) is 0 Å². The number of aryl methyl sites for hydroxylation is 3. The van der Waals surface area contributed by atoms with Crippen molar-refractivity contribution in [2.75, 3.05) is 62.0 Å². The number of phenolic OH excluding ortho intramolecular Hbond substituents is 1. The minimum absolute atomic E-state index is 0.173. The van der Waals surface area contributed by atoms with Crippen LogP contribution < -0.4 is 52.9 Å². The normalized spacial score (nSPS) is 11.8. The third-order valence-corrected chi connectivity index (χ3v) is 16.8. The minimum Gasteiger partial charge on any atom is -0.508 e. The Morgan fingerprint density at radius 1 is 0.516 bits per heavy atom. The molecule has 1 saturated carbocycles. The van der Waals surface area contributed by atoms with Crippen LogP contribution in [0, 0.1) is 12.8 Å². The van der Waals surface area contributed by atoms with Crippen molar-refractivity contribution >= 4 is 117 Å². The molecule has 0 atom stereocenters.